The van der Waals surface area contributed by atoms with Gasteiger partial charge in [0.05, 0.1) is 0 Å². The van der Waals surface area contributed by atoms with Crippen molar-refractivity contribution in [3.63, 3.8) is 0 Å². The lowest BCUT2D eigenvalue weighted by molar-refractivity contribution is 0.771. The van der Waals surface area contributed by atoms with Crippen LogP contribution in [0.2, 0.25) is 0 Å². The summed E-state index contributed by atoms with van der Waals surface area (Å²) in [6, 6.07) is 16.2. The van der Waals surface area contributed by atoms with Gasteiger partial charge in [0.1, 0.15) is 10.6 Å². The highest BCUT2D eigenvalue weighted by Gasteiger charge is 2.30. The summed E-state index contributed by atoms with van der Waals surface area (Å²) in [7, 11) is 0. The van der Waals surface area contributed by atoms with Gasteiger partial charge in [-0.1, -0.05) is 48.5 Å². The number of rotatable bonds is 1. The Hall–Kier alpha value is -2.25. The van der Waals surface area contributed by atoms with E-state index in [1.165, 1.54) is 11.1 Å². The fourth-order valence-corrected chi connectivity index (χ4v) is 2.31. The van der Waals surface area contributed by atoms with Gasteiger partial charge in [0.2, 0.25) is 4.91 Å². The maximum absolute atomic E-state index is 6.91. The highest BCUT2D eigenvalue weighted by atomic mass is 15.1. The molecule has 2 aromatic carbocycles. The first-order chi connectivity index (χ1) is 7.92. The van der Waals surface area contributed by atoms with Crippen LogP contribution in [0, 0.1) is 5.53 Å². The van der Waals surface area contributed by atoms with E-state index in [2.05, 4.69) is 34.3 Å². The van der Waals surface area contributed by atoms with Gasteiger partial charge < -0.3 is 0 Å². The summed E-state index contributed by atoms with van der Waals surface area (Å²) in [6.07, 6.45) is 0. The lowest BCUT2D eigenvalue weighted by atomic mass is 10.1. The van der Waals surface area contributed by atoms with Crippen molar-refractivity contribution >= 4 is 0 Å². The summed E-state index contributed by atoms with van der Waals surface area (Å²) in [4.78, 5) is 3.19. The molecule has 0 aromatic heterocycles. The van der Waals surface area contributed by atoms with Gasteiger partial charge in [-0.15, -0.1) is 0 Å². The Labute approximate surface area is 93.0 Å². The second kappa shape index (κ2) is 3.40. The van der Waals surface area contributed by atoms with E-state index in [1.54, 1.807) is 0 Å². The fraction of sp³-hybridized carbons (Fsp3) is 0.0769. The van der Waals surface area contributed by atoms with Gasteiger partial charge in [0, 0.05) is 0 Å². The molecule has 0 amide bonds. The monoisotopic (exact) mass is 208 g/mol. The summed E-state index contributed by atoms with van der Waals surface area (Å²) >= 11 is 0. The zero-order chi connectivity index (χ0) is 11.0. The van der Waals surface area contributed by atoms with Crippen LogP contribution in [0.4, 0.5) is 0 Å². The molecule has 3 nitrogen and oxygen atoms in total. The number of hydrogen-bond acceptors (Lipinski definition) is 2. The molecule has 16 heavy (non-hydrogen) atoms. The lowest BCUT2D eigenvalue weighted by Gasteiger charge is -1.98. The van der Waals surface area contributed by atoms with Crippen molar-refractivity contribution in [3.05, 3.63) is 59.7 Å². The molecule has 76 valence electrons. The van der Waals surface area contributed by atoms with Crippen molar-refractivity contribution in [2.24, 2.45) is 5.11 Å². The SMILES string of the molecule is N=[N+]=NC1c2ccccc2-c2ccccc21. The topological polar surface area (TPSA) is 50.3 Å². The third-order valence-corrected chi connectivity index (χ3v) is 2.97. The quantitative estimate of drug-likeness (QED) is 0.552. The van der Waals surface area contributed by atoms with Crippen molar-refractivity contribution in [2.75, 3.05) is 0 Å². The third-order valence-electron chi connectivity index (χ3n) is 2.97. The van der Waals surface area contributed by atoms with E-state index in [9.17, 15) is 0 Å². The molecule has 0 spiro atoms. The Morgan fingerprint density at radius 1 is 0.875 bits per heavy atom. The zero-order valence-corrected chi connectivity index (χ0v) is 8.59. The fourth-order valence-electron chi connectivity index (χ4n) is 2.31. The van der Waals surface area contributed by atoms with Crippen LogP contribution in [0.25, 0.3) is 11.1 Å². The molecule has 0 saturated heterocycles. The molecule has 0 unspecified atom stereocenters. The molecule has 3 heteroatoms. The maximum Gasteiger partial charge on any atom is 0.215 e. The van der Waals surface area contributed by atoms with Crippen LogP contribution >= 0.6 is 0 Å². The number of fused-ring (bicyclic) bond motifs is 3. The normalized spacial score (nSPS) is 12.8. The van der Waals surface area contributed by atoms with E-state index in [4.69, 9.17) is 5.53 Å². The summed E-state index contributed by atoms with van der Waals surface area (Å²) in [6.45, 7) is 0. The van der Waals surface area contributed by atoms with Crippen LogP contribution in [-0.4, -0.2) is 0 Å². The van der Waals surface area contributed by atoms with Crippen LogP contribution in [0.15, 0.2) is 53.6 Å². The van der Waals surface area contributed by atoms with Crippen molar-refractivity contribution in [1.29, 1.82) is 5.53 Å². The minimum absolute atomic E-state index is 0.107. The first-order valence-electron chi connectivity index (χ1n) is 5.16. The maximum atomic E-state index is 6.91. The number of hydrogen-bond donors (Lipinski definition) is 1. The average molecular weight is 208 g/mol. The first-order valence-corrected chi connectivity index (χ1v) is 5.16. The van der Waals surface area contributed by atoms with Gasteiger partial charge in [-0.2, -0.15) is 0 Å². The highest BCUT2D eigenvalue weighted by Crippen LogP contribution is 2.44. The van der Waals surface area contributed by atoms with Gasteiger partial charge in [-0.25, -0.2) is 0 Å². The average Bonchev–Trinajstić information content (AvgIpc) is 2.66. The molecule has 0 aliphatic heterocycles. The Bertz CT molecular complexity index is 552. The molecule has 1 aliphatic carbocycles. The van der Waals surface area contributed by atoms with E-state index in [1.807, 2.05) is 24.3 Å². The molecule has 0 fully saturated rings. The predicted molar refractivity (Wildman–Crippen MR) is 61.0 cm³/mol. The third kappa shape index (κ3) is 1.12. The summed E-state index contributed by atoms with van der Waals surface area (Å²) in [5, 5.41) is 4.00. The molecule has 0 bridgehead atoms. The highest BCUT2D eigenvalue weighted by molar-refractivity contribution is 5.78. The van der Waals surface area contributed by atoms with Crippen molar-refractivity contribution < 1.29 is 0 Å². The summed E-state index contributed by atoms with van der Waals surface area (Å²) < 4.78 is 0. The largest absolute Gasteiger partial charge is 0.215 e. The van der Waals surface area contributed by atoms with Crippen LogP contribution in [-0.2, 0) is 0 Å². The van der Waals surface area contributed by atoms with E-state index < -0.39 is 0 Å². The second-order valence-corrected chi connectivity index (χ2v) is 3.79. The zero-order valence-electron chi connectivity index (χ0n) is 8.59. The van der Waals surface area contributed by atoms with E-state index in [-0.39, 0.29) is 6.04 Å². The van der Waals surface area contributed by atoms with E-state index in [0.717, 1.165) is 11.1 Å². The van der Waals surface area contributed by atoms with E-state index in [0.29, 0.717) is 0 Å². The molecular weight excluding hydrogens is 198 g/mol. The molecule has 1 N–H and O–H groups in total. The Kier molecular flexibility index (Phi) is 1.92. The van der Waals surface area contributed by atoms with Crippen molar-refractivity contribution in [3.8, 4) is 11.1 Å². The van der Waals surface area contributed by atoms with Gasteiger partial charge in [-0.05, 0) is 22.3 Å². The number of benzene rings is 2. The molecule has 0 heterocycles. The molecule has 0 saturated carbocycles. The van der Waals surface area contributed by atoms with Crippen molar-refractivity contribution in [2.45, 2.75) is 6.04 Å². The molecule has 1 aliphatic rings. The molecule has 3 rings (SSSR count). The van der Waals surface area contributed by atoms with Crippen molar-refractivity contribution in [1.82, 2.24) is 4.91 Å². The summed E-state index contributed by atoms with van der Waals surface area (Å²) in [5.41, 5.74) is 11.6. The summed E-state index contributed by atoms with van der Waals surface area (Å²) in [5.74, 6) is 0. The van der Waals surface area contributed by atoms with Gasteiger partial charge in [0.15, 0.2) is 6.04 Å². The molecule has 2 aromatic rings. The molecular formula is C13H10N3+. The number of nitrogens with zero attached hydrogens (tertiary/aromatic N) is 2. The van der Waals surface area contributed by atoms with Crippen LogP contribution < -0.4 is 4.91 Å². The minimum Gasteiger partial charge on any atom is -0.0619 e. The predicted octanol–water partition coefficient (Wildman–Crippen LogP) is 3.31. The van der Waals surface area contributed by atoms with Gasteiger partial charge in [0.25, 0.3) is 0 Å². The minimum atomic E-state index is -0.107. The Balaban J connectivity index is 2.33. The van der Waals surface area contributed by atoms with E-state index >= 15 is 0 Å². The van der Waals surface area contributed by atoms with Gasteiger partial charge >= 0.3 is 0 Å². The molecule has 0 atom stereocenters. The smallest absolute Gasteiger partial charge is 0.0619 e. The number of nitrogens with one attached hydrogen (secondary N) is 1. The van der Waals surface area contributed by atoms with Crippen LogP contribution in [0.5, 0.6) is 0 Å². The second-order valence-electron chi connectivity index (χ2n) is 3.79. The molecule has 0 radical (unpaired) electrons. The van der Waals surface area contributed by atoms with Crippen LogP contribution in [0.3, 0.4) is 0 Å². The standard InChI is InChI=1S/C13H10N3/c14-16-15-13-11-7-3-1-5-9(11)10-6-2-4-8-12(10)13/h1-8,13-14H/q+1. The Morgan fingerprint density at radius 3 is 1.88 bits per heavy atom. The van der Waals surface area contributed by atoms with Crippen LogP contribution in [0.1, 0.15) is 17.2 Å². The van der Waals surface area contributed by atoms with Gasteiger partial charge in [-0.3, -0.25) is 0 Å². The Morgan fingerprint density at radius 2 is 1.38 bits per heavy atom. The first kappa shape index (κ1) is 9.01. The lowest BCUT2D eigenvalue weighted by Crippen LogP contribution is -1.91.